The molecule has 5 heteroatoms. The summed E-state index contributed by atoms with van der Waals surface area (Å²) in [6.07, 6.45) is 1.82. The summed E-state index contributed by atoms with van der Waals surface area (Å²) in [5, 5.41) is 9.74. The number of hydrogen-bond acceptors (Lipinski definition) is 4. The largest absolute Gasteiger partial charge is 0.466 e. The Bertz CT molecular complexity index is 279. The molecule has 4 nitrogen and oxygen atoms in total. The first-order valence-electron chi connectivity index (χ1n) is 5.68. The third-order valence-corrected chi connectivity index (χ3v) is 7.58. The fourth-order valence-electron chi connectivity index (χ4n) is 0.823. The predicted octanol–water partition coefficient (Wildman–Crippen LogP) is 2.10. The lowest BCUT2D eigenvalue weighted by atomic mass is 10.2. The molecule has 0 aliphatic carbocycles. The van der Waals surface area contributed by atoms with Crippen LogP contribution in [0.4, 0.5) is 0 Å². The molecule has 0 bridgehead atoms. The van der Waals surface area contributed by atoms with Gasteiger partial charge in [0, 0.05) is 6.08 Å². The zero-order valence-electron chi connectivity index (χ0n) is 11.6. The molecule has 0 saturated carbocycles. The Balaban J connectivity index is 4.21. The summed E-state index contributed by atoms with van der Waals surface area (Å²) in [6.45, 7) is 10.8. The minimum absolute atomic E-state index is 0.110. The molecule has 0 aliphatic rings. The Morgan fingerprint density at radius 3 is 2.35 bits per heavy atom. The van der Waals surface area contributed by atoms with Crippen molar-refractivity contribution >= 4 is 14.3 Å². The second-order valence-corrected chi connectivity index (χ2v) is 10.3. The maximum absolute atomic E-state index is 10.8. The average Bonchev–Trinajstić information content (AvgIpc) is 2.21. The van der Waals surface area contributed by atoms with E-state index in [-0.39, 0.29) is 11.6 Å². The van der Waals surface area contributed by atoms with Crippen molar-refractivity contribution in [1.29, 1.82) is 0 Å². The molecule has 0 aromatic rings. The fourth-order valence-corrected chi connectivity index (χ4v) is 1.84. The summed E-state index contributed by atoms with van der Waals surface area (Å²) in [7, 11) is -0.545. The van der Waals surface area contributed by atoms with Gasteiger partial charge in [0.15, 0.2) is 8.32 Å². The Hall–Kier alpha value is -0.653. The maximum atomic E-state index is 10.8. The van der Waals surface area contributed by atoms with Crippen LogP contribution in [0, 0.1) is 0 Å². The van der Waals surface area contributed by atoms with Crippen LogP contribution in [0.1, 0.15) is 20.8 Å². The van der Waals surface area contributed by atoms with E-state index in [0.29, 0.717) is 0 Å². The second kappa shape index (κ2) is 6.33. The predicted molar refractivity (Wildman–Crippen MR) is 70.3 cm³/mol. The van der Waals surface area contributed by atoms with Crippen molar-refractivity contribution in [2.75, 3.05) is 13.7 Å². The lowest BCUT2D eigenvalue weighted by Gasteiger charge is -2.36. The van der Waals surface area contributed by atoms with Crippen LogP contribution in [-0.2, 0) is 14.0 Å². The molecule has 0 spiro atoms. The summed E-state index contributed by atoms with van der Waals surface area (Å²) in [4.78, 5) is 10.8. The SMILES string of the molecule is COC(=O)/C=C/[C@H](O)CO[Si](C)(C)C(C)(C)C. The average molecular weight is 260 g/mol. The van der Waals surface area contributed by atoms with Crippen molar-refractivity contribution in [2.24, 2.45) is 0 Å². The third kappa shape index (κ3) is 6.00. The molecular formula is C12H24O4Si. The van der Waals surface area contributed by atoms with Crippen LogP contribution in [0.15, 0.2) is 12.2 Å². The fraction of sp³-hybridized carbons (Fsp3) is 0.750. The van der Waals surface area contributed by atoms with Gasteiger partial charge in [0.2, 0.25) is 0 Å². The van der Waals surface area contributed by atoms with Crippen LogP contribution < -0.4 is 0 Å². The Morgan fingerprint density at radius 1 is 1.41 bits per heavy atom. The molecule has 0 amide bonds. The molecule has 0 rings (SSSR count). The van der Waals surface area contributed by atoms with E-state index in [4.69, 9.17) is 4.43 Å². The molecule has 0 heterocycles. The van der Waals surface area contributed by atoms with Gasteiger partial charge in [0.25, 0.3) is 0 Å². The molecule has 0 aromatic heterocycles. The normalized spacial score (nSPS) is 15.0. The zero-order valence-corrected chi connectivity index (χ0v) is 12.6. The van der Waals surface area contributed by atoms with Crippen LogP contribution in [0.2, 0.25) is 18.1 Å². The molecule has 0 fully saturated rings. The number of carbonyl (C=O) groups is 1. The Morgan fingerprint density at radius 2 is 1.94 bits per heavy atom. The van der Waals surface area contributed by atoms with Crippen molar-refractivity contribution < 1.29 is 19.1 Å². The van der Waals surface area contributed by atoms with Crippen LogP contribution in [0.5, 0.6) is 0 Å². The highest BCUT2D eigenvalue weighted by atomic mass is 28.4. The first-order chi connectivity index (χ1) is 7.60. The van der Waals surface area contributed by atoms with Crippen LogP contribution >= 0.6 is 0 Å². The number of aliphatic hydroxyl groups excluding tert-OH is 1. The van der Waals surface area contributed by atoms with E-state index < -0.39 is 20.4 Å². The zero-order chi connectivity index (χ0) is 13.7. The van der Waals surface area contributed by atoms with Gasteiger partial charge in [-0.15, -0.1) is 0 Å². The molecule has 0 unspecified atom stereocenters. The lowest BCUT2D eigenvalue weighted by molar-refractivity contribution is -0.134. The number of rotatable bonds is 5. The molecule has 1 atom stereocenters. The number of ether oxygens (including phenoxy) is 1. The van der Waals surface area contributed by atoms with Gasteiger partial charge < -0.3 is 14.3 Å². The quantitative estimate of drug-likeness (QED) is 0.467. The number of esters is 1. The van der Waals surface area contributed by atoms with Gasteiger partial charge in [-0.25, -0.2) is 4.79 Å². The number of methoxy groups -OCH3 is 1. The summed E-state index contributed by atoms with van der Waals surface area (Å²) in [5.74, 6) is -0.476. The second-order valence-electron chi connectivity index (χ2n) is 5.52. The van der Waals surface area contributed by atoms with Gasteiger partial charge in [-0.3, -0.25) is 0 Å². The van der Waals surface area contributed by atoms with E-state index in [0.717, 1.165) is 0 Å². The molecule has 17 heavy (non-hydrogen) atoms. The van der Waals surface area contributed by atoms with E-state index in [9.17, 15) is 9.90 Å². The highest BCUT2D eigenvalue weighted by molar-refractivity contribution is 6.74. The van der Waals surface area contributed by atoms with E-state index in [1.165, 1.54) is 19.3 Å². The van der Waals surface area contributed by atoms with E-state index in [1.807, 2.05) is 0 Å². The topological polar surface area (TPSA) is 55.8 Å². The molecule has 1 N–H and O–H groups in total. The first kappa shape index (κ1) is 16.3. The van der Waals surface area contributed by atoms with Gasteiger partial charge in [-0.2, -0.15) is 0 Å². The van der Waals surface area contributed by atoms with Crippen LogP contribution in [-0.4, -0.2) is 39.2 Å². The number of carbonyl (C=O) groups excluding carboxylic acids is 1. The number of hydrogen-bond donors (Lipinski definition) is 1. The summed E-state index contributed by atoms with van der Waals surface area (Å²) < 4.78 is 10.2. The molecule has 0 saturated heterocycles. The van der Waals surface area contributed by atoms with Crippen LogP contribution in [0.3, 0.4) is 0 Å². The smallest absolute Gasteiger partial charge is 0.330 e. The van der Waals surface area contributed by atoms with Gasteiger partial charge in [-0.1, -0.05) is 20.8 Å². The molecular weight excluding hydrogens is 236 g/mol. The lowest BCUT2D eigenvalue weighted by Crippen LogP contribution is -2.42. The van der Waals surface area contributed by atoms with Crippen LogP contribution in [0.25, 0.3) is 0 Å². The van der Waals surface area contributed by atoms with Crippen molar-refractivity contribution in [2.45, 2.75) is 45.0 Å². The molecule has 0 aliphatic heterocycles. The molecule has 100 valence electrons. The van der Waals surface area contributed by atoms with Gasteiger partial charge in [0.1, 0.15) is 0 Å². The Labute approximate surface area is 105 Å². The van der Waals surface area contributed by atoms with E-state index in [2.05, 4.69) is 38.6 Å². The van der Waals surface area contributed by atoms with Crippen molar-refractivity contribution in [1.82, 2.24) is 0 Å². The highest BCUT2D eigenvalue weighted by Gasteiger charge is 2.37. The van der Waals surface area contributed by atoms with Gasteiger partial charge in [-0.05, 0) is 24.2 Å². The van der Waals surface area contributed by atoms with Crippen molar-refractivity contribution in [3.8, 4) is 0 Å². The summed E-state index contributed by atoms with van der Waals surface area (Å²) in [6, 6.07) is 0. The maximum Gasteiger partial charge on any atom is 0.330 e. The van der Waals surface area contributed by atoms with Crippen molar-refractivity contribution in [3.63, 3.8) is 0 Å². The van der Waals surface area contributed by atoms with Crippen molar-refractivity contribution in [3.05, 3.63) is 12.2 Å². The minimum atomic E-state index is -1.84. The minimum Gasteiger partial charge on any atom is -0.466 e. The summed E-state index contributed by atoms with van der Waals surface area (Å²) >= 11 is 0. The summed E-state index contributed by atoms with van der Waals surface area (Å²) in [5.41, 5.74) is 0. The highest BCUT2D eigenvalue weighted by Crippen LogP contribution is 2.36. The molecule has 0 aromatic carbocycles. The monoisotopic (exact) mass is 260 g/mol. The first-order valence-corrected chi connectivity index (χ1v) is 8.59. The molecule has 0 radical (unpaired) electrons. The van der Waals surface area contributed by atoms with E-state index in [1.54, 1.807) is 0 Å². The third-order valence-electron chi connectivity index (χ3n) is 3.08. The van der Waals surface area contributed by atoms with Gasteiger partial charge in [0.05, 0.1) is 19.8 Å². The standard InChI is InChI=1S/C12H24O4Si/c1-12(2,3)17(5,6)16-9-10(13)7-8-11(14)15-4/h7-8,10,13H,9H2,1-6H3/b8-7+/t10-/m0/s1. The Kier molecular flexibility index (Phi) is 6.08. The van der Waals surface area contributed by atoms with E-state index >= 15 is 0 Å². The van der Waals surface area contributed by atoms with Gasteiger partial charge >= 0.3 is 5.97 Å². The number of aliphatic hydroxyl groups is 1.